The second-order valence-corrected chi connectivity index (χ2v) is 4.43. The molecule has 1 aromatic rings. The smallest absolute Gasteiger partial charge is 0.306 e. The van der Waals surface area contributed by atoms with Crippen molar-refractivity contribution in [1.29, 1.82) is 0 Å². The van der Waals surface area contributed by atoms with E-state index in [-0.39, 0.29) is 18.0 Å². The maximum absolute atomic E-state index is 11.7. The van der Waals surface area contributed by atoms with Crippen LogP contribution in [0.4, 0.5) is 0 Å². The van der Waals surface area contributed by atoms with Crippen LogP contribution in [0, 0.1) is 0 Å². The van der Waals surface area contributed by atoms with E-state index in [1.165, 1.54) is 5.56 Å². The number of rotatable bonds is 6. The summed E-state index contributed by atoms with van der Waals surface area (Å²) in [6, 6.07) is 10.2. The number of esters is 1. The molecule has 0 N–H and O–H groups in total. The van der Waals surface area contributed by atoms with Gasteiger partial charge in [-0.15, -0.1) is 0 Å². The first-order valence-electron chi connectivity index (χ1n) is 6.41. The van der Waals surface area contributed by atoms with Crippen LogP contribution in [0.25, 0.3) is 0 Å². The Morgan fingerprint density at radius 2 is 1.82 bits per heavy atom. The molecule has 0 fully saturated rings. The minimum Gasteiger partial charge on any atom is -0.463 e. The molecule has 0 saturated carbocycles. The first-order valence-corrected chi connectivity index (χ1v) is 6.41. The Kier molecular flexibility index (Phi) is 5.75. The molecule has 0 saturated heterocycles. The minimum atomic E-state index is -0.0879. The zero-order chi connectivity index (χ0) is 12.7. The molecule has 1 rings (SSSR count). The molecule has 17 heavy (non-hydrogen) atoms. The number of carbonyl (C=O) groups excluding carboxylic acids is 1. The Hall–Kier alpha value is -1.31. The third-order valence-electron chi connectivity index (χ3n) is 3.08. The summed E-state index contributed by atoms with van der Waals surface area (Å²) in [5.74, 6) is 0.183. The van der Waals surface area contributed by atoms with Gasteiger partial charge in [0.05, 0.1) is 12.5 Å². The number of hydrogen-bond donors (Lipinski definition) is 0. The van der Waals surface area contributed by atoms with Crippen molar-refractivity contribution >= 4 is 5.97 Å². The predicted octanol–water partition coefficient (Wildman–Crippen LogP) is 3.91. The second kappa shape index (κ2) is 7.10. The van der Waals surface area contributed by atoms with Gasteiger partial charge in [0.15, 0.2) is 0 Å². The average Bonchev–Trinajstić information content (AvgIpc) is 2.36. The van der Waals surface area contributed by atoms with Gasteiger partial charge in [0.1, 0.15) is 0 Å². The molecule has 2 atom stereocenters. The molecule has 94 valence electrons. The lowest BCUT2D eigenvalue weighted by atomic mass is 9.93. The summed E-state index contributed by atoms with van der Waals surface area (Å²) >= 11 is 0. The first-order chi connectivity index (χ1) is 8.17. The molecular weight excluding hydrogens is 212 g/mol. The molecule has 0 aliphatic heterocycles. The molecule has 2 unspecified atom stereocenters. The third kappa shape index (κ3) is 4.59. The van der Waals surface area contributed by atoms with Crippen molar-refractivity contribution in [3.05, 3.63) is 35.9 Å². The molecule has 0 heterocycles. The van der Waals surface area contributed by atoms with Crippen LogP contribution in [0.2, 0.25) is 0 Å². The summed E-state index contributed by atoms with van der Waals surface area (Å²) < 4.78 is 5.31. The zero-order valence-electron chi connectivity index (χ0n) is 11.0. The van der Waals surface area contributed by atoms with E-state index in [2.05, 4.69) is 19.1 Å². The van der Waals surface area contributed by atoms with Crippen LogP contribution >= 0.6 is 0 Å². The molecule has 0 radical (unpaired) electrons. The molecule has 0 aliphatic rings. The van der Waals surface area contributed by atoms with Gasteiger partial charge in [0.2, 0.25) is 0 Å². The highest BCUT2D eigenvalue weighted by molar-refractivity contribution is 5.70. The van der Waals surface area contributed by atoms with Crippen LogP contribution in [0.5, 0.6) is 0 Å². The lowest BCUT2D eigenvalue weighted by molar-refractivity contribution is -0.148. The van der Waals surface area contributed by atoms with Crippen molar-refractivity contribution in [2.45, 2.75) is 52.1 Å². The third-order valence-corrected chi connectivity index (χ3v) is 3.08. The lowest BCUT2D eigenvalue weighted by Crippen LogP contribution is -2.16. The van der Waals surface area contributed by atoms with Gasteiger partial charge in [-0.1, -0.05) is 44.2 Å². The number of benzene rings is 1. The van der Waals surface area contributed by atoms with Gasteiger partial charge in [0, 0.05) is 0 Å². The molecule has 2 nitrogen and oxygen atoms in total. The Morgan fingerprint density at radius 3 is 2.35 bits per heavy atom. The fraction of sp³-hybridized carbons (Fsp3) is 0.533. The van der Waals surface area contributed by atoms with E-state index in [1.807, 2.05) is 32.0 Å². The van der Waals surface area contributed by atoms with Crippen LogP contribution in [0.1, 0.15) is 51.5 Å². The molecule has 0 bridgehead atoms. The van der Waals surface area contributed by atoms with Crippen molar-refractivity contribution in [3.8, 4) is 0 Å². The quantitative estimate of drug-likeness (QED) is 0.697. The fourth-order valence-electron chi connectivity index (χ4n) is 1.78. The van der Waals surface area contributed by atoms with E-state index >= 15 is 0 Å². The van der Waals surface area contributed by atoms with E-state index in [0.717, 1.165) is 12.8 Å². The van der Waals surface area contributed by atoms with Crippen molar-refractivity contribution < 1.29 is 9.53 Å². The van der Waals surface area contributed by atoms with E-state index in [4.69, 9.17) is 4.74 Å². The van der Waals surface area contributed by atoms with Crippen molar-refractivity contribution in [2.75, 3.05) is 0 Å². The lowest BCUT2D eigenvalue weighted by Gasteiger charge is -2.16. The molecule has 0 aromatic heterocycles. The van der Waals surface area contributed by atoms with Gasteiger partial charge in [-0.3, -0.25) is 4.79 Å². The van der Waals surface area contributed by atoms with Gasteiger partial charge in [-0.05, 0) is 31.2 Å². The fourth-order valence-corrected chi connectivity index (χ4v) is 1.78. The monoisotopic (exact) mass is 234 g/mol. The molecule has 1 aromatic carbocycles. The molecule has 0 aliphatic carbocycles. The number of ether oxygens (including phenoxy) is 1. The minimum absolute atomic E-state index is 0.0239. The predicted molar refractivity (Wildman–Crippen MR) is 69.9 cm³/mol. The van der Waals surface area contributed by atoms with Crippen molar-refractivity contribution in [1.82, 2.24) is 0 Å². The Labute approximate surface area is 104 Å². The normalized spacial score (nSPS) is 14.1. The van der Waals surface area contributed by atoms with Gasteiger partial charge >= 0.3 is 5.97 Å². The average molecular weight is 234 g/mol. The van der Waals surface area contributed by atoms with E-state index in [0.29, 0.717) is 6.42 Å². The highest BCUT2D eigenvalue weighted by Crippen LogP contribution is 2.23. The summed E-state index contributed by atoms with van der Waals surface area (Å²) in [7, 11) is 0. The number of hydrogen-bond acceptors (Lipinski definition) is 2. The maximum Gasteiger partial charge on any atom is 0.306 e. The molecular formula is C15H22O2. The van der Waals surface area contributed by atoms with Gasteiger partial charge in [0.25, 0.3) is 0 Å². The zero-order valence-corrected chi connectivity index (χ0v) is 11.0. The topological polar surface area (TPSA) is 26.3 Å². The highest BCUT2D eigenvalue weighted by atomic mass is 16.5. The van der Waals surface area contributed by atoms with Crippen molar-refractivity contribution in [3.63, 3.8) is 0 Å². The van der Waals surface area contributed by atoms with E-state index < -0.39 is 0 Å². The maximum atomic E-state index is 11.7. The Balaban J connectivity index is 2.56. The first kappa shape index (κ1) is 13.8. The summed E-state index contributed by atoms with van der Waals surface area (Å²) in [5, 5.41) is 0. The summed E-state index contributed by atoms with van der Waals surface area (Å²) in [6.45, 7) is 6.06. The summed E-state index contributed by atoms with van der Waals surface area (Å²) in [4.78, 5) is 11.7. The largest absolute Gasteiger partial charge is 0.463 e. The summed E-state index contributed by atoms with van der Waals surface area (Å²) in [6.07, 6.45) is 2.33. The highest BCUT2D eigenvalue weighted by Gasteiger charge is 2.16. The Morgan fingerprint density at radius 1 is 1.18 bits per heavy atom. The van der Waals surface area contributed by atoms with Gasteiger partial charge in [-0.2, -0.15) is 0 Å². The van der Waals surface area contributed by atoms with E-state index in [1.54, 1.807) is 0 Å². The van der Waals surface area contributed by atoms with Crippen molar-refractivity contribution in [2.24, 2.45) is 0 Å². The molecule has 2 heteroatoms. The van der Waals surface area contributed by atoms with Crippen LogP contribution in [0.3, 0.4) is 0 Å². The van der Waals surface area contributed by atoms with Crippen LogP contribution in [-0.4, -0.2) is 12.1 Å². The molecule has 0 amide bonds. The van der Waals surface area contributed by atoms with Crippen LogP contribution in [0.15, 0.2) is 30.3 Å². The standard InChI is InChI=1S/C15H22O2/c1-4-12(3)17-15(16)11-13(5-2)14-9-7-6-8-10-14/h6-10,12-13H,4-5,11H2,1-3H3. The molecule has 0 spiro atoms. The summed E-state index contributed by atoms with van der Waals surface area (Å²) in [5.41, 5.74) is 1.22. The van der Waals surface area contributed by atoms with Gasteiger partial charge < -0.3 is 4.74 Å². The SMILES string of the molecule is CCC(C)OC(=O)CC(CC)c1ccccc1. The van der Waals surface area contributed by atoms with E-state index in [9.17, 15) is 4.79 Å². The second-order valence-electron chi connectivity index (χ2n) is 4.43. The van der Waals surface area contributed by atoms with Gasteiger partial charge in [-0.25, -0.2) is 0 Å². The van der Waals surface area contributed by atoms with Crippen LogP contribution < -0.4 is 0 Å². The Bertz CT molecular complexity index is 332. The number of carbonyl (C=O) groups is 1. The van der Waals surface area contributed by atoms with Crippen LogP contribution in [-0.2, 0) is 9.53 Å².